The molecular formula is C13H12Cl2FN3O2S. The Balaban J connectivity index is 2.59. The molecule has 0 aliphatic rings. The van der Waals surface area contributed by atoms with Crippen molar-refractivity contribution in [2.75, 3.05) is 5.32 Å². The third kappa shape index (κ3) is 3.31. The Morgan fingerprint density at radius 2 is 1.95 bits per heavy atom. The Bertz CT molecular complexity index is 813. The lowest BCUT2D eigenvalue weighted by Crippen LogP contribution is -2.16. The van der Waals surface area contributed by atoms with E-state index in [4.69, 9.17) is 23.2 Å². The molecule has 0 bridgehead atoms. The fourth-order valence-electron chi connectivity index (χ4n) is 1.67. The molecule has 0 saturated carbocycles. The maximum atomic E-state index is 14.1. The van der Waals surface area contributed by atoms with Gasteiger partial charge in [-0.15, -0.1) is 0 Å². The lowest BCUT2D eigenvalue weighted by atomic mass is 10.3. The second-order valence-electron chi connectivity index (χ2n) is 4.67. The molecule has 1 aromatic carbocycles. The molecule has 1 aromatic heterocycles. The average molecular weight is 364 g/mol. The smallest absolute Gasteiger partial charge is 0.224 e. The van der Waals surface area contributed by atoms with Crippen LogP contribution in [0.25, 0.3) is 0 Å². The normalized spacial score (nSPS) is 11.7. The van der Waals surface area contributed by atoms with Gasteiger partial charge in [0.1, 0.15) is 10.8 Å². The van der Waals surface area contributed by atoms with Crippen molar-refractivity contribution in [1.29, 1.82) is 0 Å². The Labute approximate surface area is 137 Å². The first-order chi connectivity index (χ1) is 10.2. The van der Waals surface area contributed by atoms with Crippen LogP contribution in [-0.2, 0) is 9.84 Å². The summed E-state index contributed by atoms with van der Waals surface area (Å²) >= 11 is 11.6. The maximum Gasteiger partial charge on any atom is 0.224 e. The highest BCUT2D eigenvalue weighted by Gasteiger charge is 2.25. The molecule has 22 heavy (non-hydrogen) atoms. The average Bonchev–Trinajstić information content (AvgIpc) is 2.44. The van der Waals surface area contributed by atoms with E-state index in [-0.39, 0.29) is 26.7 Å². The summed E-state index contributed by atoms with van der Waals surface area (Å²) < 4.78 is 38.8. The summed E-state index contributed by atoms with van der Waals surface area (Å²) in [5, 5.41) is 1.86. The Morgan fingerprint density at radius 3 is 2.59 bits per heavy atom. The fourth-order valence-corrected chi connectivity index (χ4v) is 3.15. The summed E-state index contributed by atoms with van der Waals surface area (Å²) in [6.45, 7) is 3.02. The predicted octanol–water partition coefficient (Wildman–Crippen LogP) is 3.85. The number of halogens is 3. The largest absolute Gasteiger partial charge is 0.335 e. The van der Waals surface area contributed by atoms with E-state index in [0.29, 0.717) is 0 Å². The van der Waals surface area contributed by atoms with E-state index in [1.807, 2.05) is 0 Å². The third-order valence-electron chi connectivity index (χ3n) is 2.86. The lowest BCUT2D eigenvalue weighted by molar-refractivity contribution is 0.584. The van der Waals surface area contributed by atoms with Crippen molar-refractivity contribution in [3.63, 3.8) is 0 Å². The van der Waals surface area contributed by atoms with Crippen LogP contribution in [0.15, 0.2) is 29.3 Å². The van der Waals surface area contributed by atoms with Crippen LogP contribution in [0.1, 0.15) is 13.8 Å². The van der Waals surface area contributed by atoms with Gasteiger partial charge in [0.25, 0.3) is 0 Å². The van der Waals surface area contributed by atoms with E-state index < -0.39 is 20.9 Å². The van der Waals surface area contributed by atoms with Crippen LogP contribution in [0.4, 0.5) is 15.9 Å². The molecule has 9 heteroatoms. The van der Waals surface area contributed by atoms with E-state index in [9.17, 15) is 12.8 Å². The van der Waals surface area contributed by atoms with Crippen molar-refractivity contribution in [3.8, 4) is 0 Å². The van der Waals surface area contributed by atoms with E-state index in [1.165, 1.54) is 32.2 Å². The van der Waals surface area contributed by atoms with Crippen LogP contribution in [0.3, 0.4) is 0 Å². The quantitative estimate of drug-likeness (QED) is 0.835. The van der Waals surface area contributed by atoms with Crippen LogP contribution >= 0.6 is 23.2 Å². The molecule has 2 rings (SSSR count). The number of anilines is 2. The Kier molecular flexibility index (Phi) is 4.89. The zero-order valence-electron chi connectivity index (χ0n) is 11.6. The van der Waals surface area contributed by atoms with Gasteiger partial charge < -0.3 is 5.32 Å². The first kappa shape index (κ1) is 16.9. The summed E-state index contributed by atoms with van der Waals surface area (Å²) in [4.78, 5) is 7.33. The molecule has 2 aromatic rings. The molecular weight excluding hydrogens is 352 g/mol. The second-order valence-corrected chi connectivity index (χ2v) is 7.89. The van der Waals surface area contributed by atoms with Gasteiger partial charge in [-0.25, -0.2) is 17.8 Å². The molecule has 1 N–H and O–H groups in total. The molecule has 0 atom stereocenters. The molecule has 0 radical (unpaired) electrons. The van der Waals surface area contributed by atoms with Gasteiger partial charge in [0.2, 0.25) is 5.28 Å². The third-order valence-corrected chi connectivity index (χ3v) is 5.51. The molecule has 0 amide bonds. The number of aromatic nitrogens is 2. The summed E-state index contributed by atoms with van der Waals surface area (Å²) in [5.41, 5.74) is -0.229. The van der Waals surface area contributed by atoms with Gasteiger partial charge in [0, 0.05) is 0 Å². The number of nitrogens with zero attached hydrogens (tertiary/aromatic N) is 2. The van der Waals surface area contributed by atoms with E-state index in [1.54, 1.807) is 0 Å². The van der Waals surface area contributed by atoms with Crippen LogP contribution in [-0.4, -0.2) is 23.6 Å². The number of hydrogen-bond donors (Lipinski definition) is 1. The van der Waals surface area contributed by atoms with Crippen molar-refractivity contribution in [2.24, 2.45) is 0 Å². The number of hydrogen-bond acceptors (Lipinski definition) is 5. The summed E-state index contributed by atoms with van der Waals surface area (Å²) in [7, 11) is -3.70. The highest BCUT2D eigenvalue weighted by Crippen LogP contribution is 2.32. The Hall–Kier alpha value is -1.44. The minimum atomic E-state index is -3.70. The minimum Gasteiger partial charge on any atom is -0.335 e. The van der Waals surface area contributed by atoms with Crippen molar-refractivity contribution < 1.29 is 12.8 Å². The number of benzene rings is 1. The van der Waals surface area contributed by atoms with Gasteiger partial charge in [0.15, 0.2) is 15.7 Å². The number of para-hydroxylation sites is 1. The SMILES string of the molecule is CC(C)S(=O)(=O)c1cccc(F)c1Nc1nc(Cl)ncc1Cl. The van der Waals surface area contributed by atoms with Gasteiger partial charge in [-0.2, -0.15) is 4.98 Å². The van der Waals surface area contributed by atoms with Crippen LogP contribution in [0.2, 0.25) is 10.3 Å². The molecule has 1 heterocycles. The zero-order valence-corrected chi connectivity index (χ0v) is 14.0. The highest BCUT2D eigenvalue weighted by atomic mass is 35.5. The van der Waals surface area contributed by atoms with Gasteiger partial charge in [-0.1, -0.05) is 17.7 Å². The highest BCUT2D eigenvalue weighted by molar-refractivity contribution is 7.92. The van der Waals surface area contributed by atoms with Crippen LogP contribution in [0, 0.1) is 5.82 Å². The van der Waals surface area contributed by atoms with Crippen LogP contribution < -0.4 is 5.32 Å². The fraction of sp³-hybridized carbons (Fsp3) is 0.231. The van der Waals surface area contributed by atoms with Gasteiger partial charge in [-0.05, 0) is 37.6 Å². The molecule has 0 aliphatic carbocycles. The Morgan fingerprint density at radius 1 is 1.27 bits per heavy atom. The van der Waals surface area contributed by atoms with Crippen molar-refractivity contribution >= 4 is 44.5 Å². The number of sulfone groups is 1. The predicted molar refractivity (Wildman–Crippen MR) is 84.1 cm³/mol. The topological polar surface area (TPSA) is 72.0 Å². The standard InChI is InChI=1S/C13H12Cl2FN3O2S/c1-7(2)22(20,21)10-5-3-4-9(16)11(10)18-12-8(14)6-17-13(15)19-12/h3-7H,1-2H3,(H,17,18,19). The molecule has 0 spiro atoms. The molecule has 0 saturated heterocycles. The van der Waals surface area contributed by atoms with E-state index in [0.717, 1.165) is 6.07 Å². The monoisotopic (exact) mass is 363 g/mol. The van der Waals surface area contributed by atoms with E-state index >= 15 is 0 Å². The molecule has 0 aliphatic heterocycles. The zero-order chi connectivity index (χ0) is 16.5. The maximum absolute atomic E-state index is 14.1. The molecule has 5 nitrogen and oxygen atoms in total. The molecule has 0 fully saturated rings. The van der Waals surface area contributed by atoms with Crippen molar-refractivity contribution in [3.05, 3.63) is 40.5 Å². The minimum absolute atomic E-state index is 0.0203. The number of nitrogens with one attached hydrogen (secondary N) is 1. The van der Waals surface area contributed by atoms with Crippen LogP contribution in [0.5, 0.6) is 0 Å². The summed E-state index contributed by atoms with van der Waals surface area (Å²) in [6.07, 6.45) is 1.23. The van der Waals surface area contributed by atoms with E-state index in [2.05, 4.69) is 15.3 Å². The van der Waals surface area contributed by atoms with Crippen molar-refractivity contribution in [2.45, 2.75) is 24.0 Å². The molecule has 118 valence electrons. The molecule has 0 unspecified atom stereocenters. The van der Waals surface area contributed by atoms with Gasteiger partial charge in [0.05, 0.1) is 22.0 Å². The first-order valence-electron chi connectivity index (χ1n) is 6.21. The van der Waals surface area contributed by atoms with Crippen molar-refractivity contribution in [1.82, 2.24) is 9.97 Å². The first-order valence-corrected chi connectivity index (χ1v) is 8.51. The lowest BCUT2D eigenvalue weighted by Gasteiger charge is -2.15. The van der Waals surface area contributed by atoms with Gasteiger partial charge >= 0.3 is 0 Å². The number of rotatable bonds is 4. The second kappa shape index (κ2) is 6.36. The summed E-state index contributed by atoms with van der Waals surface area (Å²) in [6, 6.07) is 3.78. The van der Waals surface area contributed by atoms with Gasteiger partial charge in [-0.3, -0.25) is 0 Å². The summed E-state index contributed by atoms with van der Waals surface area (Å²) in [5.74, 6) is -0.723.